The van der Waals surface area contributed by atoms with Crippen LogP contribution in [-0.2, 0) is 26.2 Å². The molecule has 0 bridgehead atoms. The molecule has 38 heavy (non-hydrogen) atoms. The van der Waals surface area contributed by atoms with Crippen molar-refractivity contribution in [3.8, 4) is 11.5 Å². The van der Waals surface area contributed by atoms with E-state index in [9.17, 15) is 22.4 Å². The van der Waals surface area contributed by atoms with E-state index >= 15 is 0 Å². The van der Waals surface area contributed by atoms with Crippen LogP contribution in [-0.4, -0.2) is 59.0 Å². The van der Waals surface area contributed by atoms with Crippen LogP contribution >= 0.6 is 0 Å². The van der Waals surface area contributed by atoms with Gasteiger partial charge in [-0.1, -0.05) is 36.4 Å². The molecule has 0 heterocycles. The highest BCUT2D eigenvalue weighted by molar-refractivity contribution is 7.92. The van der Waals surface area contributed by atoms with Crippen LogP contribution in [0.4, 0.5) is 10.1 Å². The standard InChI is InChI=1S/C27H30FN3O6S/c1-19(27(33)29-2)30(17-20-10-8-9-13-23(20)28)26(32)18-31(38(34,35)22-11-6-5-7-12-22)24-16-21(36-3)14-15-25(24)37-4/h5-16,19H,17-18H2,1-4H3,(H,29,33)/t19-/m1/s1. The number of carbonyl (C=O) groups is 2. The van der Waals surface area contributed by atoms with Crippen molar-refractivity contribution in [2.24, 2.45) is 0 Å². The van der Waals surface area contributed by atoms with Crippen molar-refractivity contribution in [3.63, 3.8) is 0 Å². The van der Waals surface area contributed by atoms with Crippen LogP contribution in [0.25, 0.3) is 0 Å². The molecular weight excluding hydrogens is 513 g/mol. The third kappa shape index (κ3) is 6.23. The number of methoxy groups -OCH3 is 2. The average Bonchev–Trinajstić information content (AvgIpc) is 2.94. The zero-order valence-electron chi connectivity index (χ0n) is 21.5. The maximum absolute atomic E-state index is 14.5. The summed E-state index contributed by atoms with van der Waals surface area (Å²) in [6.07, 6.45) is 0. The average molecular weight is 544 g/mol. The summed E-state index contributed by atoms with van der Waals surface area (Å²) in [7, 11) is -0.0844. The lowest BCUT2D eigenvalue weighted by molar-refractivity contribution is -0.139. The molecule has 11 heteroatoms. The van der Waals surface area contributed by atoms with E-state index in [0.29, 0.717) is 5.75 Å². The molecule has 3 aromatic carbocycles. The van der Waals surface area contributed by atoms with Crippen molar-refractivity contribution in [1.29, 1.82) is 0 Å². The second-order valence-electron chi connectivity index (χ2n) is 8.27. The van der Waals surface area contributed by atoms with Crippen molar-refractivity contribution >= 4 is 27.5 Å². The van der Waals surface area contributed by atoms with Gasteiger partial charge in [0.25, 0.3) is 10.0 Å². The topological polar surface area (TPSA) is 105 Å². The van der Waals surface area contributed by atoms with Gasteiger partial charge in [0.2, 0.25) is 11.8 Å². The Morgan fingerprint density at radius 2 is 1.63 bits per heavy atom. The van der Waals surface area contributed by atoms with E-state index in [0.717, 1.165) is 9.21 Å². The van der Waals surface area contributed by atoms with Gasteiger partial charge in [0.15, 0.2) is 0 Å². The molecule has 0 aliphatic rings. The number of sulfonamides is 1. The van der Waals surface area contributed by atoms with Gasteiger partial charge in [0.1, 0.15) is 29.9 Å². The fraction of sp³-hybridized carbons (Fsp3) is 0.259. The van der Waals surface area contributed by atoms with Gasteiger partial charge in [-0.2, -0.15) is 0 Å². The van der Waals surface area contributed by atoms with E-state index in [2.05, 4.69) is 5.32 Å². The van der Waals surface area contributed by atoms with Crippen LogP contribution in [0, 0.1) is 5.82 Å². The van der Waals surface area contributed by atoms with E-state index in [-0.39, 0.29) is 28.4 Å². The van der Waals surface area contributed by atoms with Crippen molar-refractivity contribution in [2.75, 3.05) is 32.1 Å². The van der Waals surface area contributed by atoms with Crippen LogP contribution in [0.1, 0.15) is 12.5 Å². The Labute approximate surface area is 221 Å². The summed E-state index contributed by atoms with van der Waals surface area (Å²) >= 11 is 0. The smallest absolute Gasteiger partial charge is 0.264 e. The first-order valence-electron chi connectivity index (χ1n) is 11.7. The highest BCUT2D eigenvalue weighted by Gasteiger charge is 2.34. The Bertz CT molecular complexity index is 1380. The van der Waals surface area contributed by atoms with Crippen LogP contribution in [0.2, 0.25) is 0 Å². The Balaban J connectivity index is 2.13. The van der Waals surface area contributed by atoms with Gasteiger partial charge in [-0.05, 0) is 37.3 Å². The minimum Gasteiger partial charge on any atom is -0.497 e. The Morgan fingerprint density at radius 3 is 2.24 bits per heavy atom. The third-order valence-electron chi connectivity index (χ3n) is 5.98. The fourth-order valence-corrected chi connectivity index (χ4v) is 5.26. The van der Waals surface area contributed by atoms with Crippen molar-refractivity contribution < 1.29 is 31.9 Å². The highest BCUT2D eigenvalue weighted by Crippen LogP contribution is 2.36. The molecule has 0 saturated heterocycles. The van der Waals surface area contributed by atoms with Crippen molar-refractivity contribution in [1.82, 2.24) is 10.2 Å². The molecule has 3 aromatic rings. The number of ether oxygens (including phenoxy) is 2. The summed E-state index contributed by atoms with van der Waals surface area (Å²) in [4.78, 5) is 27.4. The second kappa shape index (κ2) is 12.4. The Kier molecular flexibility index (Phi) is 9.30. The molecule has 9 nitrogen and oxygen atoms in total. The summed E-state index contributed by atoms with van der Waals surface area (Å²) < 4.78 is 53.8. The lowest BCUT2D eigenvalue weighted by Gasteiger charge is -2.32. The molecule has 2 amide bonds. The Hall–Kier alpha value is -4.12. The maximum Gasteiger partial charge on any atom is 0.264 e. The van der Waals surface area contributed by atoms with Gasteiger partial charge < -0.3 is 19.7 Å². The molecule has 0 aromatic heterocycles. The summed E-state index contributed by atoms with van der Waals surface area (Å²) in [6.45, 7) is 0.533. The third-order valence-corrected chi connectivity index (χ3v) is 7.75. The van der Waals surface area contributed by atoms with E-state index in [4.69, 9.17) is 9.47 Å². The van der Waals surface area contributed by atoms with Gasteiger partial charge in [-0.3, -0.25) is 13.9 Å². The lowest BCUT2D eigenvalue weighted by atomic mass is 10.1. The molecule has 0 fully saturated rings. The molecule has 0 aliphatic heterocycles. The summed E-state index contributed by atoms with van der Waals surface area (Å²) in [5.74, 6) is -1.26. The van der Waals surface area contributed by atoms with Crippen LogP contribution in [0.3, 0.4) is 0 Å². The van der Waals surface area contributed by atoms with Crippen LogP contribution in [0.15, 0.2) is 77.7 Å². The molecular formula is C27H30FN3O6S. The first-order valence-corrected chi connectivity index (χ1v) is 13.1. The van der Waals surface area contributed by atoms with E-state index in [1.54, 1.807) is 30.3 Å². The van der Waals surface area contributed by atoms with E-state index in [1.165, 1.54) is 70.7 Å². The molecule has 1 N–H and O–H groups in total. The number of anilines is 1. The van der Waals surface area contributed by atoms with Crippen LogP contribution in [0.5, 0.6) is 11.5 Å². The predicted molar refractivity (Wildman–Crippen MR) is 141 cm³/mol. The lowest BCUT2D eigenvalue weighted by Crippen LogP contribution is -2.50. The molecule has 0 spiro atoms. The number of nitrogens with zero attached hydrogens (tertiary/aromatic N) is 2. The largest absolute Gasteiger partial charge is 0.497 e. The van der Waals surface area contributed by atoms with Gasteiger partial charge in [0, 0.05) is 25.2 Å². The van der Waals surface area contributed by atoms with Crippen molar-refractivity contribution in [3.05, 3.63) is 84.2 Å². The molecule has 0 saturated carbocycles. The second-order valence-corrected chi connectivity index (χ2v) is 10.1. The number of carbonyl (C=O) groups excluding carboxylic acids is 2. The van der Waals surface area contributed by atoms with Gasteiger partial charge in [0.05, 0.1) is 24.8 Å². The number of likely N-dealkylation sites (N-methyl/N-ethyl adjacent to an activating group) is 1. The molecule has 0 unspecified atom stereocenters. The van der Waals surface area contributed by atoms with Gasteiger partial charge >= 0.3 is 0 Å². The molecule has 1 atom stereocenters. The summed E-state index contributed by atoms with van der Waals surface area (Å²) in [5.41, 5.74) is 0.232. The van der Waals surface area contributed by atoms with E-state index < -0.39 is 40.2 Å². The van der Waals surface area contributed by atoms with Gasteiger partial charge in [-0.15, -0.1) is 0 Å². The Morgan fingerprint density at radius 1 is 0.974 bits per heavy atom. The molecule has 0 aliphatic carbocycles. The number of rotatable bonds is 11. The first-order chi connectivity index (χ1) is 18.1. The van der Waals surface area contributed by atoms with Crippen molar-refractivity contribution in [2.45, 2.75) is 24.4 Å². The molecule has 202 valence electrons. The zero-order valence-corrected chi connectivity index (χ0v) is 22.4. The minimum absolute atomic E-state index is 0.0577. The summed E-state index contributed by atoms with van der Waals surface area (Å²) in [5, 5.41) is 2.48. The van der Waals surface area contributed by atoms with E-state index in [1.807, 2.05) is 0 Å². The monoisotopic (exact) mass is 543 g/mol. The predicted octanol–water partition coefficient (Wildman–Crippen LogP) is 3.20. The molecule has 0 radical (unpaired) electrons. The number of nitrogens with one attached hydrogen (secondary N) is 1. The van der Waals surface area contributed by atoms with Gasteiger partial charge in [-0.25, -0.2) is 12.8 Å². The number of benzene rings is 3. The summed E-state index contributed by atoms with van der Waals surface area (Å²) in [6, 6.07) is 17.0. The fourth-order valence-electron chi connectivity index (χ4n) is 3.83. The number of hydrogen-bond acceptors (Lipinski definition) is 6. The highest BCUT2D eigenvalue weighted by atomic mass is 32.2. The quantitative estimate of drug-likeness (QED) is 0.398. The number of hydrogen-bond donors (Lipinski definition) is 1. The zero-order chi connectivity index (χ0) is 27.9. The first kappa shape index (κ1) is 28.5. The molecule has 3 rings (SSSR count). The number of halogens is 1. The minimum atomic E-state index is -4.30. The SMILES string of the molecule is CNC(=O)[C@@H](C)N(Cc1ccccc1F)C(=O)CN(c1cc(OC)ccc1OC)S(=O)(=O)c1ccccc1. The normalized spacial score (nSPS) is 11.8. The maximum atomic E-state index is 14.5. The number of amides is 2. The van der Waals surface area contributed by atoms with Crippen LogP contribution < -0.4 is 19.1 Å².